The van der Waals surface area contributed by atoms with Crippen LogP contribution in [0.15, 0.2) is 12.1 Å². The molecule has 1 aromatic rings. The Morgan fingerprint density at radius 2 is 1.08 bits per heavy atom. The van der Waals surface area contributed by atoms with Crippen LogP contribution in [-0.2, 0) is 12.8 Å². The van der Waals surface area contributed by atoms with Crippen LogP contribution in [-0.4, -0.2) is 5.11 Å². The van der Waals surface area contributed by atoms with Gasteiger partial charge in [0.15, 0.2) is 0 Å². The fourth-order valence-electron chi connectivity index (χ4n) is 3.26. The van der Waals surface area contributed by atoms with Crippen LogP contribution in [0.5, 0.6) is 5.75 Å². The molecule has 0 spiro atoms. The first-order chi connectivity index (χ1) is 11.0. The highest BCUT2D eigenvalue weighted by Crippen LogP contribution is 2.30. The van der Waals surface area contributed by atoms with Gasteiger partial charge in [0.25, 0.3) is 0 Å². The Balaban J connectivity index is 2.57. The van der Waals surface area contributed by atoms with Gasteiger partial charge in [-0.2, -0.15) is 0 Å². The van der Waals surface area contributed by atoms with Gasteiger partial charge in [0.2, 0.25) is 0 Å². The molecule has 0 aliphatic rings. The van der Waals surface area contributed by atoms with Crippen molar-refractivity contribution >= 4 is 0 Å². The molecule has 1 nitrogen and oxygen atoms in total. The molecule has 0 atom stereocenters. The van der Waals surface area contributed by atoms with Gasteiger partial charge in [-0.1, -0.05) is 72.1 Å². The number of hydrogen-bond acceptors (Lipinski definition) is 1. The SMILES string of the molecule is Cc1cc(CCCCC(C)(C)C)c(O)c(CCCCC(C)(C)C)c1. The fraction of sp³-hybridized carbons (Fsp3) is 0.739. The van der Waals surface area contributed by atoms with Gasteiger partial charge in [0.05, 0.1) is 0 Å². The Morgan fingerprint density at radius 1 is 0.708 bits per heavy atom. The van der Waals surface area contributed by atoms with E-state index in [2.05, 4.69) is 60.6 Å². The monoisotopic (exact) mass is 332 g/mol. The summed E-state index contributed by atoms with van der Waals surface area (Å²) in [6.07, 6.45) is 9.29. The summed E-state index contributed by atoms with van der Waals surface area (Å²) in [5.74, 6) is 0.562. The molecule has 0 aliphatic heterocycles. The lowest BCUT2D eigenvalue weighted by atomic mass is 9.88. The van der Waals surface area contributed by atoms with Crippen molar-refractivity contribution in [1.82, 2.24) is 0 Å². The summed E-state index contributed by atoms with van der Waals surface area (Å²) in [4.78, 5) is 0. The highest BCUT2D eigenvalue weighted by Gasteiger charge is 2.13. The van der Waals surface area contributed by atoms with Crippen LogP contribution in [0.4, 0.5) is 0 Å². The smallest absolute Gasteiger partial charge is 0.121 e. The summed E-state index contributed by atoms with van der Waals surface area (Å²) in [5.41, 5.74) is 4.40. The normalized spacial score (nSPS) is 12.6. The number of unbranched alkanes of at least 4 members (excludes halogenated alkanes) is 2. The molecule has 0 aromatic heterocycles. The largest absolute Gasteiger partial charge is 0.507 e. The summed E-state index contributed by atoms with van der Waals surface area (Å²) in [6, 6.07) is 4.34. The Morgan fingerprint density at radius 3 is 1.42 bits per heavy atom. The van der Waals surface area contributed by atoms with Gasteiger partial charge >= 0.3 is 0 Å². The van der Waals surface area contributed by atoms with E-state index >= 15 is 0 Å². The van der Waals surface area contributed by atoms with E-state index in [0.717, 1.165) is 36.8 Å². The van der Waals surface area contributed by atoms with E-state index in [1.165, 1.54) is 31.2 Å². The number of hydrogen-bond donors (Lipinski definition) is 1. The number of benzene rings is 1. The van der Waals surface area contributed by atoms with Crippen LogP contribution in [0, 0.1) is 17.8 Å². The summed E-state index contributed by atoms with van der Waals surface area (Å²) >= 11 is 0. The zero-order valence-corrected chi connectivity index (χ0v) is 17.3. The summed E-state index contributed by atoms with van der Waals surface area (Å²) in [5, 5.41) is 10.6. The van der Waals surface area contributed by atoms with Gasteiger partial charge in [-0.3, -0.25) is 0 Å². The molecule has 0 bridgehead atoms. The van der Waals surface area contributed by atoms with E-state index in [9.17, 15) is 5.11 Å². The van der Waals surface area contributed by atoms with E-state index in [0.29, 0.717) is 16.6 Å². The first-order valence-corrected chi connectivity index (χ1v) is 9.79. The average Bonchev–Trinajstić information content (AvgIpc) is 2.41. The Labute approximate surface area is 150 Å². The Bertz CT molecular complexity index is 457. The topological polar surface area (TPSA) is 20.2 Å². The van der Waals surface area contributed by atoms with Crippen molar-refractivity contribution in [2.24, 2.45) is 10.8 Å². The average molecular weight is 333 g/mol. The van der Waals surface area contributed by atoms with Crippen LogP contribution >= 0.6 is 0 Å². The molecular formula is C23H40O. The number of phenols is 1. The third-order valence-electron chi connectivity index (χ3n) is 4.66. The quantitative estimate of drug-likeness (QED) is 0.498. The lowest BCUT2D eigenvalue weighted by Gasteiger charge is -2.18. The van der Waals surface area contributed by atoms with Gasteiger partial charge in [-0.05, 0) is 67.4 Å². The predicted molar refractivity (Wildman–Crippen MR) is 107 cm³/mol. The van der Waals surface area contributed by atoms with E-state index < -0.39 is 0 Å². The van der Waals surface area contributed by atoms with Gasteiger partial charge in [-0.25, -0.2) is 0 Å². The first kappa shape index (κ1) is 21.1. The molecule has 0 radical (unpaired) electrons. The molecule has 0 unspecified atom stereocenters. The molecule has 0 aliphatic carbocycles. The molecule has 0 saturated heterocycles. The zero-order chi connectivity index (χ0) is 18.4. The molecule has 24 heavy (non-hydrogen) atoms. The van der Waals surface area contributed by atoms with Crippen molar-refractivity contribution in [2.45, 2.75) is 99.8 Å². The van der Waals surface area contributed by atoms with E-state index in [1.54, 1.807) is 0 Å². The van der Waals surface area contributed by atoms with Gasteiger partial charge < -0.3 is 5.11 Å². The Hall–Kier alpha value is -0.980. The minimum absolute atomic E-state index is 0.410. The van der Waals surface area contributed by atoms with Crippen molar-refractivity contribution in [3.8, 4) is 5.75 Å². The maximum Gasteiger partial charge on any atom is 0.121 e. The molecule has 1 rings (SSSR count). The van der Waals surface area contributed by atoms with E-state index in [-0.39, 0.29) is 0 Å². The number of rotatable bonds is 8. The Kier molecular flexibility index (Phi) is 7.83. The van der Waals surface area contributed by atoms with Crippen LogP contribution in [0.3, 0.4) is 0 Å². The second kappa shape index (κ2) is 8.92. The molecular weight excluding hydrogens is 292 g/mol. The lowest BCUT2D eigenvalue weighted by molar-refractivity contribution is 0.359. The maximum atomic E-state index is 10.6. The van der Waals surface area contributed by atoms with Gasteiger partial charge in [-0.15, -0.1) is 0 Å². The minimum Gasteiger partial charge on any atom is -0.507 e. The molecule has 0 heterocycles. The molecule has 1 aromatic carbocycles. The van der Waals surface area contributed by atoms with Crippen molar-refractivity contribution in [2.75, 3.05) is 0 Å². The number of aryl methyl sites for hydroxylation is 3. The second-order valence-electron chi connectivity index (χ2n) is 9.97. The van der Waals surface area contributed by atoms with Crippen molar-refractivity contribution in [3.63, 3.8) is 0 Å². The molecule has 0 amide bonds. The first-order valence-electron chi connectivity index (χ1n) is 9.79. The molecule has 1 heteroatoms. The summed E-state index contributed by atoms with van der Waals surface area (Å²) < 4.78 is 0. The predicted octanol–water partition coefficient (Wildman–Crippen LogP) is 7.22. The van der Waals surface area contributed by atoms with Crippen LogP contribution in [0.2, 0.25) is 0 Å². The van der Waals surface area contributed by atoms with Crippen molar-refractivity contribution < 1.29 is 5.11 Å². The highest BCUT2D eigenvalue weighted by molar-refractivity contribution is 5.43. The van der Waals surface area contributed by atoms with E-state index in [1.807, 2.05) is 0 Å². The molecule has 138 valence electrons. The van der Waals surface area contributed by atoms with Crippen LogP contribution < -0.4 is 0 Å². The second-order valence-corrected chi connectivity index (χ2v) is 9.97. The van der Waals surface area contributed by atoms with E-state index in [4.69, 9.17) is 0 Å². The van der Waals surface area contributed by atoms with Crippen molar-refractivity contribution in [3.05, 3.63) is 28.8 Å². The maximum absolute atomic E-state index is 10.6. The highest BCUT2D eigenvalue weighted by atomic mass is 16.3. The van der Waals surface area contributed by atoms with Crippen molar-refractivity contribution in [1.29, 1.82) is 0 Å². The van der Waals surface area contributed by atoms with Gasteiger partial charge in [0.1, 0.15) is 5.75 Å². The standard InChI is InChI=1S/C23H40O/c1-18-16-19(12-8-10-14-22(2,3)4)21(24)20(17-18)13-9-11-15-23(5,6)7/h16-17,24H,8-15H2,1-7H3. The van der Waals surface area contributed by atoms with Crippen LogP contribution in [0.25, 0.3) is 0 Å². The fourth-order valence-corrected chi connectivity index (χ4v) is 3.26. The molecule has 0 saturated carbocycles. The zero-order valence-electron chi connectivity index (χ0n) is 17.3. The molecule has 1 N–H and O–H groups in total. The summed E-state index contributed by atoms with van der Waals surface area (Å²) in [6.45, 7) is 15.9. The number of aromatic hydroxyl groups is 1. The lowest BCUT2D eigenvalue weighted by Crippen LogP contribution is -2.05. The molecule has 0 fully saturated rings. The minimum atomic E-state index is 0.410. The summed E-state index contributed by atoms with van der Waals surface area (Å²) in [7, 11) is 0. The number of phenolic OH excluding ortho intramolecular Hbond substituents is 1. The van der Waals surface area contributed by atoms with Gasteiger partial charge in [0, 0.05) is 0 Å². The third kappa shape index (κ3) is 8.76. The third-order valence-corrected chi connectivity index (χ3v) is 4.66. The van der Waals surface area contributed by atoms with Crippen LogP contribution in [0.1, 0.15) is 96.8 Å².